The molecule has 1 aliphatic rings. The van der Waals surface area contributed by atoms with Crippen LogP contribution in [0.25, 0.3) is 22.3 Å². The quantitative estimate of drug-likeness (QED) is 0.329. The van der Waals surface area contributed by atoms with E-state index in [9.17, 15) is 13.2 Å². The van der Waals surface area contributed by atoms with E-state index in [0.29, 0.717) is 4.91 Å². The Labute approximate surface area is 186 Å². The number of rotatable bonds is 6. The molecule has 2 aromatic heterocycles. The van der Waals surface area contributed by atoms with E-state index in [2.05, 4.69) is 0 Å². The minimum atomic E-state index is -4.19. The number of amides is 1. The van der Waals surface area contributed by atoms with Crippen LogP contribution in [-0.4, -0.2) is 50.2 Å². The Morgan fingerprint density at radius 2 is 1.93 bits per heavy atom. The smallest absolute Gasteiger partial charge is 0.266 e. The molecule has 1 saturated heterocycles. The van der Waals surface area contributed by atoms with Crippen LogP contribution < -0.4 is 0 Å². The highest BCUT2D eigenvalue weighted by molar-refractivity contribution is 8.26. The maximum absolute atomic E-state index is 12.8. The van der Waals surface area contributed by atoms with Gasteiger partial charge in [-0.1, -0.05) is 48.2 Å². The second-order valence-electron chi connectivity index (χ2n) is 6.31. The third-order valence-electron chi connectivity index (χ3n) is 4.25. The third-order valence-corrected chi connectivity index (χ3v) is 7.20. The lowest BCUT2D eigenvalue weighted by Crippen LogP contribution is -2.32. The first-order chi connectivity index (χ1) is 14.3. The number of aromatic nitrogens is 2. The molecule has 0 atom stereocenters. The molecule has 0 spiro atoms. The van der Waals surface area contributed by atoms with Gasteiger partial charge in [0.2, 0.25) is 0 Å². The Hall–Kier alpha value is -2.31. The molecule has 30 heavy (non-hydrogen) atoms. The number of thioether (sulfide) groups is 1. The summed E-state index contributed by atoms with van der Waals surface area (Å²) in [6.07, 6.45) is 3.56. The summed E-state index contributed by atoms with van der Waals surface area (Å²) in [7, 11) is -4.19. The number of thiocarbonyl (C=S) groups is 1. The highest BCUT2D eigenvalue weighted by Gasteiger charge is 2.33. The molecule has 4 rings (SSSR count). The van der Waals surface area contributed by atoms with Gasteiger partial charge >= 0.3 is 0 Å². The summed E-state index contributed by atoms with van der Waals surface area (Å²) in [5, 5.41) is 6.65. The summed E-state index contributed by atoms with van der Waals surface area (Å²) in [6, 6.07) is 13.5. The van der Waals surface area contributed by atoms with Crippen molar-refractivity contribution in [2.75, 3.05) is 12.3 Å². The summed E-state index contributed by atoms with van der Waals surface area (Å²) in [6.45, 7) is -0.193. The normalized spacial score (nSPS) is 16.0. The molecule has 0 saturated carbocycles. The van der Waals surface area contributed by atoms with E-state index in [1.807, 2.05) is 54.0 Å². The summed E-state index contributed by atoms with van der Waals surface area (Å²) in [4.78, 5) is 15.3. The van der Waals surface area contributed by atoms with Crippen molar-refractivity contribution < 1.29 is 17.8 Å². The van der Waals surface area contributed by atoms with Gasteiger partial charge in [-0.3, -0.25) is 14.2 Å². The zero-order valence-electron chi connectivity index (χ0n) is 15.3. The maximum Gasteiger partial charge on any atom is 0.266 e. The van der Waals surface area contributed by atoms with Crippen molar-refractivity contribution in [2.45, 2.75) is 0 Å². The maximum atomic E-state index is 12.8. The molecule has 0 aliphatic carbocycles. The summed E-state index contributed by atoms with van der Waals surface area (Å²) < 4.78 is 33.0. The number of benzene rings is 1. The molecule has 0 unspecified atom stereocenters. The van der Waals surface area contributed by atoms with Crippen LogP contribution in [-0.2, 0) is 14.9 Å². The molecule has 3 heterocycles. The molecule has 1 aliphatic heterocycles. The lowest BCUT2D eigenvalue weighted by atomic mass is 10.2. The standard InChI is InChI=1S/C19H15N3O4S4/c23-18-16(29-19(27)21(18)8-10-30(24,25)26)11-13-12-22(14-5-2-1-3-6-14)20-17(13)15-7-4-9-28-15/h1-7,9,11-12H,8,10H2,(H,24,25,26). The Morgan fingerprint density at radius 3 is 2.60 bits per heavy atom. The van der Waals surface area contributed by atoms with Crippen LogP contribution in [0.15, 0.2) is 58.9 Å². The van der Waals surface area contributed by atoms with Crippen molar-refractivity contribution >= 4 is 61.7 Å². The fourth-order valence-electron chi connectivity index (χ4n) is 2.85. The van der Waals surface area contributed by atoms with E-state index >= 15 is 0 Å². The van der Waals surface area contributed by atoms with Gasteiger partial charge in [0.15, 0.2) is 0 Å². The van der Waals surface area contributed by atoms with Gasteiger partial charge < -0.3 is 0 Å². The van der Waals surface area contributed by atoms with E-state index in [1.165, 1.54) is 4.90 Å². The van der Waals surface area contributed by atoms with Crippen LogP contribution in [0.2, 0.25) is 0 Å². The first-order valence-corrected chi connectivity index (χ1v) is 12.4. The average Bonchev–Trinajstić information content (AvgIpc) is 3.41. The Balaban J connectivity index is 1.70. The highest BCUT2D eigenvalue weighted by atomic mass is 32.2. The van der Waals surface area contributed by atoms with Crippen LogP contribution in [0.3, 0.4) is 0 Å². The number of para-hydroxylation sites is 1. The summed E-state index contributed by atoms with van der Waals surface area (Å²) in [5.74, 6) is -0.961. The number of thiophene rings is 1. The molecule has 154 valence electrons. The highest BCUT2D eigenvalue weighted by Crippen LogP contribution is 2.35. The number of carbonyl (C=O) groups excluding carboxylic acids is 1. The molecule has 1 aromatic carbocycles. The van der Waals surface area contributed by atoms with Gasteiger partial charge in [0.05, 0.1) is 21.2 Å². The Bertz CT molecular complexity index is 1230. The summed E-state index contributed by atoms with van der Waals surface area (Å²) in [5.41, 5.74) is 2.37. The van der Waals surface area contributed by atoms with Gasteiger partial charge in [-0.05, 0) is 29.7 Å². The second-order valence-corrected chi connectivity index (χ2v) is 10.5. The molecular weight excluding hydrogens is 462 g/mol. The van der Waals surface area contributed by atoms with Crippen LogP contribution in [0.4, 0.5) is 0 Å². The van der Waals surface area contributed by atoms with Gasteiger partial charge in [0.1, 0.15) is 10.0 Å². The largest absolute Gasteiger partial charge is 0.292 e. The minimum absolute atomic E-state index is 0.193. The number of nitrogens with zero attached hydrogens (tertiary/aromatic N) is 3. The van der Waals surface area contributed by atoms with Crippen molar-refractivity contribution in [3.8, 4) is 16.3 Å². The van der Waals surface area contributed by atoms with Gasteiger partial charge in [-0.15, -0.1) is 11.3 Å². The molecule has 1 amide bonds. The fraction of sp³-hybridized carbons (Fsp3) is 0.105. The SMILES string of the molecule is O=C1C(=Cc2cn(-c3ccccc3)nc2-c2cccs2)SC(=S)N1CCS(=O)(=O)O. The van der Waals surface area contributed by atoms with E-state index in [4.69, 9.17) is 21.9 Å². The van der Waals surface area contributed by atoms with Crippen molar-refractivity contribution in [1.29, 1.82) is 0 Å². The number of hydrogen-bond acceptors (Lipinski definition) is 7. The Kier molecular flexibility index (Phi) is 5.89. The molecule has 1 N–H and O–H groups in total. The molecule has 1 fully saturated rings. The van der Waals surface area contributed by atoms with Crippen molar-refractivity contribution in [2.24, 2.45) is 0 Å². The number of carbonyl (C=O) groups is 1. The Morgan fingerprint density at radius 1 is 1.17 bits per heavy atom. The zero-order valence-corrected chi connectivity index (χ0v) is 18.6. The third kappa shape index (κ3) is 4.55. The van der Waals surface area contributed by atoms with Crippen LogP contribution in [0, 0.1) is 0 Å². The van der Waals surface area contributed by atoms with Crippen molar-refractivity contribution in [1.82, 2.24) is 14.7 Å². The molecule has 3 aromatic rings. The fourth-order valence-corrected chi connectivity index (χ4v) is 5.30. The van der Waals surface area contributed by atoms with Crippen LogP contribution in [0.5, 0.6) is 0 Å². The van der Waals surface area contributed by atoms with E-state index in [1.54, 1.807) is 22.1 Å². The first kappa shape index (κ1) is 20.9. The van der Waals surface area contributed by atoms with Crippen molar-refractivity contribution in [3.63, 3.8) is 0 Å². The molecule has 11 heteroatoms. The van der Waals surface area contributed by atoms with Crippen LogP contribution >= 0.6 is 35.3 Å². The van der Waals surface area contributed by atoms with E-state index in [-0.39, 0.29) is 10.9 Å². The van der Waals surface area contributed by atoms with E-state index < -0.39 is 21.8 Å². The van der Waals surface area contributed by atoms with Gasteiger partial charge in [-0.25, -0.2) is 4.68 Å². The molecular formula is C19H15N3O4S4. The predicted octanol–water partition coefficient (Wildman–Crippen LogP) is 3.69. The lowest BCUT2D eigenvalue weighted by molar-refractivity contribution is -0.121. The average molecular weight is 478 g/mol. The minimum Gasteiger partial charge on any atom is -0.292 e. The molecule has 0 radical (unpaired) electrons. The van der Waals surface area contributed by atoms with Gasteiger partial charge in [0.25, 0.3) is 16.0 Å². The summed E-state index contributed by atoms with van der Waals surface area (Å²) >= 11 is 7.86. The monoisotopic (exact) mass is 477 g/mol. The molecule has 0 bridgehead atoms. The van der Waals surface area contributed by atoms with Crippen LogP contribution in [0.1, 0.15) is 5.56 Å². The predicted molar refractivity (Wildman–Crippen MR) is 123 cm³/mol. The topological polar surface area (TPSA) is 92.5 Å². The van der Waals surface area contributed by atoms with Crippen molar-refractivity contribution in [3.05, 3.63) is 64.5 Å². The number of hydrogen-bond donors (Lipinski definition) is 1. The zero-order chi connectivity index (χ0) is 21.3. The lowest BCUT2D eigenvalue weighted by Gasteiger charge is -2.12. The molecule has 7 nitrogen and oxygen atoms in total. The second kappa shape index (κ2) is 8.44. The van der Waals surface area contributed by atoms with Gasteiger partial charge in [-0.2, -0.15) is 13.5 Å². The first-order valence-electron chi connectivity index (χ1n) is 8.71. The van der Waals surface area contributed by atoms with Gasteiger partial charge in [0, 0.05) is 18.3 Å². The van der Waals surface area contributed by atoms with E-state index in [0.717, 1.165) is 33.6 Å².